The molecule has 1 atom stereocenters. The van der Waals surface area contributed by atoms with Gasteiger partial charge in [0, 0.05) is 13.2 Å². The van der Waals surface area contributed by atoms with Crippen LogP contribution in [0.4, 0.5) is 0 Å². The van der Waals surface area contributed by atoms with Gasteiger partial charge in [0.15, 0.2) is 0 Å². The Morgan fingerprint density at radius 2 is 2.00 bits per heavy atom. The first-order chi connectivity index (χ1) is 5.16. The third-order valence-electron chi connectivity index (χ3n) is 0.915. The van der Waals surface area contributed by atoms with Gasteiger partial charge in [-0.3, -0.25) is 0 Å². The van der Waals surface area contributed by atoms with Crippen molar-refractivity contribution in [2.24, 2.45) is 0 Å². The van der Waals surface area contributed by atoms with E-state index in [9.17, 15) is 0 Å². The number of rotatable bonds is 6. The summed E-state index contributed by atoms with van der Waals surface area (Å²) in [5.74, 6) is 0. The van der Waals surface area contributed by atoms with Crippen LogP contribution in [0.3, 0.4) is 0 Å². The zero-order valence-corrected chi connectivity index (χ0v) is 9.08. The molecule has 0 aliphatic rings. The molecule has 0 bridgehead atoms. The summed E-state index contributed by atoms with van der Waals surface area (Å²) in [5.41, 5.74) is 0. The van der Waals surface area contributed by atoms with Gasteiger partial charge in [0.2, 0.25) is 0 Å². The average molecular weight is 199 g/mol. The molecule has 3 nitrogen and oxygen atoms in total. The highest BCUT2D eigenvalue weighted by atomic mass is 35.6. The zero-order chi connectivity index (χ0) is 8.69. The van der Waals surface area contributed by atoms with Crippen molar-refractivity contribution >= 4 is 19.7 Å². The molecular weight excluding hydrogens is 184 g/mol. The molecule has 68 valence electrons. The number of halogens is 1. The smallest absolute Gasteiger partial charge is 0.383 e. The number of methoxy groups -OCH3 is 1. The first-order valence-electron chi connectivity index (χ1n) is 3.57. The molecule has 0 rings (SSSR count). The van der Waals surface area contributed by atoms with Gasteiger partial charge in [-0.15, -0.1) is 11.1 Å². The molecule has 0 aromatic heterocycles. The SMILES string of the molecule is COCCO[SiH](Cl)OC(C)C. The predicted octanol–water partition coefficient (Wildman–Crippen LogP) is 1.03. The minimum Gasteiger partial charge on any atom is -0.383 e. The summed E-state index contributed by atoms with van der Waals surface area (Å²) in [7, 11) is -0.277. The second-order valence-corrected chi connectivity index (χ2v) is 4.55. The summed E-state index contributed by atoms with van der Waals surface area (Å²) in [4.78, 5) is 0. The van der Waals surface area contributed by atoms with E-state index in [4.69, 9.17) is 24.7 Å². The Morgan fingerprint density at radius 1 is 1.36 bits per heavy atom. The van der Waals surface area contributed by atoms with Crippen molar-refractivity contribution in [2.45, 2.75) is 20.0 Å². The maximum atomic E-state index is 5.75. The van der Waals surface area contributed by atoms with Gasteiger partial charge in [0.1, 0.15) is 0 Å². The quantitative estimate of drug-likeness (QED) is 0.363. The van der Waals surface area contributed by atoms with Crippen molar-refractivity contribution < 1.29 is 13.6 Å². The molecule has 0 aliphatic heterocycles. The number of hydrogen-bond acceptors (Lipinski definition) is 3. The van der Waals surface area contributed by atoms with Gasteiger partial charge in [-0.25, -0.2) is 0 Å². The topological polar surface area (TPSA) is 27.7 Å². The van der Waals surface area contributed by atoms with Crippen LogP contribution in [0.15, 0.2) is 0 Å². The van der Waals surface area contributed by atoms with Crippen LogP contribution in [0.2, 0.25) is 0 Å². The average Bonchev–Trinajstić information content (AvgIpc) is 1.86. The van der Waals surface area contributed by atoms with E-state index in [0.29, 0.717) is 13.2 Å². The second kappa shape index (κ2) is 7.06. The summed E-state index contributed by atoms with van der Waals surface area (Å²) in [6.45, 7) is 4.95. The standard InChI is InChI=1S/C6H15ClO3Si/c1-6(2)10-11(7)9-5-4-8-3/h6,11H,4-5H2,1-3H3. The number of hydrogen-bond donors (Lipinski definition) is 0. The van der Waals surface area contributed by atoms with Crippen LogP contribution in [0.1, 0.15) is 13.8 Å². The molecule has 11 heavy (non-hydrogen) atoms. The fourth-order valence-corrected chi connectivity index (χ4v) is 2.15. The first-order valence-corrected chi connectivity index (χ1v) is 6.25. The third-order valence-corrected chi connectivity index (χ3v) is 2.86. The highest BCUT2D eigenvalue weighted by molar-refractivity contribution is 6.99. The van der Waals surface area contributed by atoms with E-state index >= 15 is 0 Å². The molecule has 0 heterocycles. The first kappa shape index (κ1) is 11.4. The number of ether oxygens (including phenoxy) is 1. The van der Waals surface area contributed by atoms with Crippen LogP contribution in [0.25, 0.3) is 0 Å². The van der Waals surface area contributed by atoms with Gasteiger partial charge in [-0.05, 0) is 13.8 Å². The Hall–Kier alpha value is 0.387. The summed E-state index contributed by atoms with van der Waals surface area (Å²) < 4.78 is 15.2. The zero-order valence-electron chi connectivity index (χ0n) is 7.17. The van der Waals surface area contributed by atoms with E-state index in [0.717, 1.165) is 0 Å². The third kappa shape index (κ3) is 8.29. The van der Waals surface area contributed by atoms with Crippen LogP contribution in [-0.4, -0.2) is 35.0 Å². The van der Waals surface area contributed by atoms with Gasteiger partial charge in [0.05, 0.1) is 13.2 Å². The van der Waals surface area contributed by atoms with Crippen LogP contribution >= 0.6 is 11.1 Å². The van der Waals surface area contributed by atoms with Crippen molar-refractivity contribution in [3.05, 3.63) is 0 Å². The maximum Gasteiger partial charge on any atom is 0.426 e. The van der Waals surface area contributed by atoms with Crippen molar-refractivity contribution in [1.82, 2.24) is 0 Å². The second-order valence-electron chi connectivity index (χ2n) is 2.32. The van der Waals surface area contributed by atoms with Crippen molar-refractivity contribution in [2.75, 3.05) is 20.3 Å². The van der Waals surface area contributed by atoms with Crippen LogP contribution < -0.4 is 0 Å². The normalized spacial score (nSPS) is 13.9. The van der Waals surface area contributed by atoms with Gasteiger partial charge < -0.3 is 13.6 Å². The predicted molar refractivity (Wildman–Crippen MR) is 47.1 cm³/mol. The van der Waals surface area contributed by atoms with Gasteiger partial charge in [-0.1, -0.05) is 0 Å². The van der Waals surface area contributed by atoms with Crippen LogP contribution in [-0.2, 0) is 13.6 Å². The van der Waals surface area contributed by atoms with Gasteiger partial charge >= 0.3 is 8.59 Å². The monoisotopic (exact) mass is 198 g/mol. The van der Waals surface area contributed by atoms with E-state index in [2.05, 4.69) is 0 Å². The van der Waals surface area contributed by atoms with Crippen molar-refractivity contribution in [1.29, 1.82) is 0 Å². The molecule has 0 spiro atoms. The van der Waals surface area contributed by atoms with Gasteiger partial charge in [0.25, 0.3) is 0 Å². The van der Waals surface area contributed by atoms with E-state index in [-0.39, 0.29) is 6.10 Å². The maximum absolute atomic E-state index is 5.75. The minimum atomic E-state index is -1.90. The Balaban J connectivity index is 3.15. The minimum absolute atomic E-state index is 0.145. The lowest BCUT2D eigenvalue weighted by Gasteiger charge is -2.12. The summed E-state index contributed by atoms with van der Waals surface area (Å²) in [5, 5.41) is 0. The molecular formula is C6H15ClO3Si. The Labute approximate surface area is 74.1 Å². The van der Waals surface area contributed by atoms with Crippen LogP contribution in [0.5, 0.6) is 0 Å². The van der Waals surface area contributed by atoms with E-state index in [1.165, 1.54) is 0 Å². The van der Waals surface area contributed by atoms with E-state index < -0.39 is 8.59 Å². The van der Waals surface area contributed by atoms with E-state index in [1.54, 1.807) is 7.11 Å². The van der Waals surface area contributed by atoms with Crippen molar-refractivity contribution in [3.8, 4) is 0 Å². The molecule has 0 N–H and O–H groups in total. The molecule has 0 radical (unpaired) electrons. The highest BCUT2D eigenvalue weighted by Crippen LogP contribution is 1.99. The molecule has 1 unspecified atom stereocenters. The van der Waals surface area contributed by atoms with E-state index in [1.807, 2.05) is 13.8 Å². The molecule has 0 aromatic carbocycles. The summed E-state index contributed by atoms with van der Waals surface area (Å²) in [6, 6.07) is 0. The lowest BCUT2D eigenvalue weighted by molar-refractivity contribution is 0.117. The molecule has 0 saturated heterocycles. The van der Waals surface area contributed by atoms with Crippen LogP contribution in [0, 0.1) is 0 Å². The lowest BCUT2D eigenvalue weighted by atomic mass is 10.5. The Kier molecular flexibility index (Phi) is 7.31. The fourth-order valence-electron chi connectivity index (χ4n) is 0.477. The molecule has 0 aliphatic carbocycles. The van der Waals surface area contributed by atoms with Gasteiger partial charge in [-0.2, -0.15) is 0 Å². The molecule has 0 fully saturated rings. The highest BCUT2D eigenvalue weighted by Gasteiger charge is 2.10. The lowest BCUT2D eigenvalue weighted by Crippen LogP contribution is -2.22. The largest absolute Gasteiger partial charge is 0.426 e. The van der Waals surface area contributed by atoms with Crippen molar-refractivity contribution in [3.63, 3.8) is 0 Å². The Bertz CT molecular complexity index is 91.9. The molecule has 5 heteroatoms. The summed E-state index contributed by atoms with van der Waals surface area (Å²) >= 11 is 5.75. The fraction of sp³-hybridized carbons (Fsp3) is 1.00. The molecule has 0 aromatic rings. The molecule has 0 saturated carbocycles. The summed E-state index contributed by atoms with van der Waals surface area (Å²) in [6.07, 6.45) is 0.145. The molecule has 0 amide bonds. The Morgan fingerprint density at radius 3 is 2.45 bits per heavy atom.